The topological polar surface area (TPSA) is 54.5 Å². The highest BCUT2D eigenvalue weighted by Gasteiger charge is 2.30. The lowest BCUT2D eigenvalue weighted by Gasteiger charge is -2.32. The van der Waals surface area contributed by atoms with E-state index in [2.05, 4.69) is 6.92 Å². The van der Waals surface area contributed by atoms with Gasteiger partial charge in [0, 0.05) is 18.7 Å². The summed E-state index contributed by atoms with van der Waals surface area (Å²) >= 11 is 0. The second-order valence-corrected chi connectivity index (χ2v) is 8.01. The third-order valence-electron chi connectivity index (χ3n) is 4.44. The first-order valence-electron chi connectivity index (χ1n) is 7.41. The number of carbonyl (C=O) groups excluding carboxylic acids is 1. The summed E-state index contributed by atoms with van der Waals surface area (Å²) < 4.78 is 26.8. The summed E-state index contributed by atoms with van der Waals surface area (Å²) in [6.07, 6.45) is 3.99. The standard InChI is InChI=1S/C16H23NO3S/c1-12-4-8-15(9-5-12)17(3)21(19,20)16-10-6-14(7-11-16)13(2)18/h6-7,10-12,15H,4-5,8-9H2,1-3H3. The van der Waals surface area contributed by atoms with Crippen LogP contribution in [0.5, 0.6) is 0 Å². The minimum atomic E-state index is -3.48. The quantitative estimate of drug-likeness (QED) is 0.803. The van der Waals surface area contributed by atoms with Gasteiger partial charge in [-0.1, -0.05) is 19.1 Å². The maximum atomic E-state index is 12.6. The third kappa shape index (κ3) is 3.52. The minimum absolute atomic E-state index is 0.0615. The molecule has 0 unspecified atom stereocenters. The molecule has 5 heteroatoms. The molecule has 2 rings (SSSR count). The zero-order chi connectivity index (χ0) is 15.6. The largest absolute Gasteiger partial charge is 0.295 e. The van der Waals surface area contributed by atoms with Gasteiger partial charge in [-0.05, 0) is 50.7 Å². The van der Waals surface area contributed by atoms with Gasteiger partial charge in [-0.2, -0.15) is 4.31 Å². The Labute approximate surface area is 127 Å². The van der Waals surface area contributed by atoms with Crippen molar-refractivity contribution in [3.8, 4) is 0 Å². The van der Waals surface area contributed by atoms with Gasteiger partial charge in [-0.3, -0.25) is 4.79 Å². The summed E-state index contributed by atoms with van der Waals surface area (Å²) in [6.45, 7) is 3.68. The van der Waals surface area contributed by atoms with Crippen molar-refractivity contribution in [2.75, 3.05) is 7.05 Å². The SMILES string of the molecule is CC(=O)c1ccc(S(=O)(=O)N(C)C2CCC(C)CC2)cc1. The van der Waals surface area contributed by atoms with E-state index in [-0.39, 0.29) is 16.7 Å². The van der Waals surface area contributed by atoms with Gasteiger partial charge < -0.3 is 0 Å². The van der Waals surface area contributed by atoms with Crippen LogP contribution < -0.4 is 0 Å². The monoisotopic (exact) mass is 309 g/mol. The van der Waals surface area contributed by atoms with Crippen LogP contribution in [0.1, 0.15) is 49.9 Å². The molecular formula is C16H23NO3S. The van der Waals surface area contributed by atoms with Crippen LogP contribution in [-0.4, -0.2) is 31.6 Å². The number of sulfonamides is 1. The predicted molar refractivity (Wildman–Crippen MR) is 82.8 cm³/mol. The number of Topliss-reactive ketones (excluding diaryl/α,β-unsaturated/α-hetero) is 1. The molecule has 1 saturated carbocycles. The highest BCUT2D eigenvalue weighted by Crippen LogP contribution is 2.29. The third-order valence-corrected chi connectivity index (χ3v) is 6.36. The van der Waals surface area contributed by atoms with Crippen LogP contribution in [0.15, 0.2) is 29.2 Å². The van der Waals surface area contributed by atoms with E-state index in [0.29, 0.717) is 11.5 Å². The van der Waals surface area contributed by atoms with Gasteiger partial charge in [0.2, 0.25) is 10.0 Å². The van der Waals surface area contributed by atoms with E-state index in [1.165, 1.54) is 23.4 Å². The van der Waals surface area contributed by atoms with Crippen molar-refractivity contribution in [3.63, 3.8) is 0 Å². The van der Waals surface area contributed by atoms with Crippen LogP contribution in [0.25, 0.3) is 0 Å². The molecule has 1 aromatic carbocycles. The van der Waals surface area contributed by atoms with E-state index >= 15 is 0 Å². The molecule has 0 atom stereocenters. The van der Waals surface area contributed by atoms with Crippen LogP contribution in [0.3, 0.4) is 0 Å². The van der Waals surface area contributed by atoms with E-state index in [9.17, 15) is 13.2 Å². The van der Waals surface area contributed by atoms with Crippen molar-refractivity contribution in [3.05, 3.63) is 29.8 Å². The molecule has 0 N–H and O–H groups in total. The van der Waals surface area contributed by atoms with Crippen LogP contribution >= 0.6 is 0 Å². The molecule has 4 nitrogen and oxygen atoms in total. The number of hydrogen-bond donors (Lipinski definition) is 0. The lowest BCUT2D eigenvalue weighted by molar-refractivity contribution is 0.101. The summed E-state index contributed by atoms with van der Waals surface area (Å²) in [6, 6.07) is 6.28. The van der Waals surface area contributed by atoms with Gasteiger partial charge in [0.15, 0.2) is 5.78 Å². The highest BCUT2D eigenvalue weighted by molar-refractivity contribution is 7.89. The Kier molecular flexibility index (Phi) is 4.84. The van der Waals surface area contributed by atoms with Gasteiger partial charge in [-0.25, -0.2) is 8.42 Å². The van der Waals surface area contributed by atoms with Crippen LogP contribution in [0.4, 0.5) is 0 Å². The van der Waals surface area contributed by atoms with Crippen LogP contribution in [0, 0.1) is 5.92 Å². The Morgan fingerprint density at radius 3 is 2.10 bits per heavy atom. The molecule has 0 saturated heterocycles. The van der Waals surface area contributed by atoms with E-state index in [0.717, 1.165) is 25.7 Å². The first-order valence-corrected chi connectivity index (χ1v) is 8.85. The lowest BCUT2D eigenvalue weighted by atomic mass is 9.87. The fraction of sp³-hybridized carbons (Fsp3) is 0.562. The summed E-state index contributed by atoms with van der Waals surface area (Å²) in [5, 5.41) is 0. The maximum Gasteiger partial charge on any atom is 0.243 e. The van der Waals surface area contributed by atoms with Crippen molar-refractivity contribution >= 4 is 15.8 Å². The van der Waals surface area contributed by atoms with E-state index < -0.39 is 10.0 Å². The van der Waals surface area contributed by atoms with Crippen molar-refractivity contribution in [1.29, 1.82) is 0 Å². The molecule has 1 aromatic rings. The summed E-state index contributed by atoms with van der Waals surface area (Å²) in [7, 11) is -1.81. The van der Waals surface area contributed by atoms with Crippen molar-refractivity contribution in [1.82, 2.24) is 4.31 Å². The van der Waals surface area contributed by atoms with E-state index in [1.807, 2.05) is 0 Å². The second kappa shape index (κ2) is 6.28. The Morgan fingerprint density at radius 2 is 1.62 bits per heavy atom. The van der Waals surface area contributed by atoms with Crippen molar-refractivity contribution in [2.24, 2.45) is 5.92 Å². The number of hydrogen-bond acceptors (Lipinski definition) is 3. The van der Waals surface area contributed by atoms with Crippen molar-refractivity contribution in [2.45, 2.75) is 50.5 Å². The fourth-order valence-electron chi connectivity index (χ4n) is 2.83. The smallest absolute Gasteiger partial charge is 0.243 e. The molecule has 21 heavy (non-hydrogen) atoms. The van der Waals surface area contributed by atoms with Gasteiger partial charge in [-0.15, -0.1) is 0 Å². The van der Waals surface area contributed by atoms with Gasteiger partial charge >= 0.3 is 0 Å². The Balaban J connectivity index is 2.18. The Morgan fingerprint density at radius 1 is 1.10 bits per heavy atom. The second-order valence-electron chi connectivity index (χ2n) is 6.02. The highest BCUT2D eigenvalue weighted by atomic mass is 32.2. The molecule has 0 spiro atoms. The molecule has 0 aromatic heterocycles. The molecule has 0 aliphatic heterocycles. The molecule has 0 amide bonds. The van der Waals surface area contributed by atoms with Crippen LogP contribution in [0.2, 0.25) is 0 Å². The Bertz CT molecular complexity index is 599. The Hall–Kier alpha value is -1.20. The zero-order valence-corrected chi connectivity index (χ0v) is 13.7. The first kappa shape index (κ1) is 16.2. The number of carbonyl (C=O) groups is 1. The first-order chi connectivity index (χ1) is 9.82. The molecule has 116 valence electrons. The molecule has 0 bridgehead atoms. The molecule has 0 heterocycles. The minimum Gasteiger partial charge on any atom is -0.295 e. The van der Waals surface area contributed by atoms with Gasteiger partial charge in [0.1, 0.15) is 0 Å². The predicted octanol–water partition coefficient (Wildman–Crippen LogP) is 3.09. The number of nitrogens with zero attached hydrogens (tertiary/aromatic N) is 1. The maximum absolute atomic E-state index is 12.6. The van der Waals surface area contributed by atoms with Crippen LogP contribution in [-0.2, 0) is 10.0 Å². The number of benzene rings is 1. The molecule has 1 fully saturated rings. The number of rotatable bonds is 4. The average molecular weight is 309 g/mol. The summed E-state index contributed by atoms with van der Waals surface area (Å²) in [5.41, 5.74) is 0.531. The summed E-state index contributed by atoms with van der Waals surface area (Å²) in [5.74, 6) is 0.626. The normalized spacial score (nSPS) is 23.2. The summed E-state index contributed by atoms with van der Waals surface area (Å²) in [4.78, 5) is 11.5. The lowest BCUT2D eigenvalue weighted by Crippen LogP contribution is -2.39. The molecule has 1 aliphatic carbocycles. The molecular weight excluding hydrogens is 286 g/mol. The van der Waals surface area contributed by atoms with E-state index in [1.54, 1.807) is 19.2 Å². The van der Waals surface area contributed by atoms with Crippen molar-refractivity contribution < 1.29 is 13.2 Å². The van der Waals surface area contributed by atoms with Gasteiger partial charge in [0.25, 0.3) is 0 Å². The fourth-order valence-corrected chi connectivity index (χ4v) is 4.25. The van der Waals surface area contributed by atoms with E-state index in [4.69, 9.17) is 0 Å². The zero-order valence-electron chi connectivity index (χ0n) is 12.9. The molecule has 0 radical (unpaired) electrons. The average Bonchev–Trinajstić information content (AvgIpc) is 2.47. The molecule has 1 aliphatic rings. The number of ketones is 1. The van der Waals surface area contributed by atoms with Gasteiger partial charge in [0.05, 0.1) is 4.90 Å².